The van der Waals surface area contributed by atoms with E-state index in [9.17, 15) is 18.8 Å². The third-order valence-corrected chi connectivity index (χ3v) is 6.92. The molecule has 39 heavy (non-hydrogen) atoms. The van der Waals surface area contributed by atoms with E-state index in [0.717, 1.165) is 11.1 Å². The first kappa shape index (κ1) is 30.2. The van der Waals surface area contributed by atoms with Crippen molar-refractivity contribution in [1.29, 1.82) is 0 Å². The van der Waals surface area contributed by atoms with Crippen LogP contribution in [0, 0.1) is 11.2 Å². The van der Waals surface area contributed by atoms with E-state index in [1.807, 2.05) is 30.3 Å². The molecule has 0 spiro atoms. The number of amides is 3. The number of nitrogens with two attached hydrogens (primary N) is 1. The minimum Gasteiger partial charge on any atom is -0.374 e. The monoisotopic (exact) mass is 559 g/mol. The van der Waals surface area contributed by atoms with Gasteiger partial charge in [-0.05, 0) is 43.5 Å². The van der Waals surface area contributed by atoms with Crippen molar-refractivity contribution in [2.45, 2.75) is 44.9 Å². The number of benzene rings is 2. The van der Waals surface area contributed by atoms with Crippen LogP contribution in [0.1, 0.15) is 31.4 Å². The fourth-order valence-electron chi connectivity index (χ4n) is 4.83. The Bertz CT molecular complexity index is 1220. The fourth-order valence-corrected chi connectivity index (χ4v) is 4.83. The number of nitrogens with one attached hydrogen (secondary N) is 1. The summed E-state index contributed by atoms with van der Waals surface area (Å²) in [5, 5.41) is 8.51. The maximum atomic E-state index is 13.8. The van der Waals surface area contributed by atoms with Gasteiger partial charge in [-0.25, -0.2) is 9.40 Å². The summed E-state index contributed by atoms with van der Waals surface area (Å²) in [4.78, 5) is 41.5. The van der Waals surface area contributed by atoms with E-state index >= 15 is 0 Å². The van der Waals surface area contributed by atoms with Crippen molar-refractivity contribution in [3.63, 3.8) is 0 Å². The highest BCUT2D eigenvalue weighted by Crippen LogP contribution is 2.38. The number of piperidine rings is 1. The standard InChI is InChI=1S/C28H34FN5O4.ClH/c1-27(2,30)25(36)31-22(17-38-16-20-7-5-4-6-8-20)24(35)34-14-13-23-28(18-34,26(37)33(3)32-23)15-19-9-11-21(29)12-10-19;/h4-12,22H,13-18,30H2,1-3H3,(H,31,36);1H/t22?,28-;/m1./s1. The molecule has 1 saturated heterocycles. The van der Waals surface area contributed by atoms with Gasteiger partial charge >= 0.3 is 0 Å². The summed E-state index contributed by atoms with van der Waals surface area (Å²) in [5.74, 6) is -1.45. The van der Waals surface area contributed by atoms with Gasteiger partial charge in [0.05, 0.1) is 24.5 Å². The minimum absolute atomic E-state index is 0. The Morgan fingerprint density at radius 2 is 1.82 bits per heavy atom. The number of carbonyl (C=O) groups excluding carboxylic acids is 3. The van der Waals surface area contributed by atoms with E-state index in [1.54, 1.807) is 37.9 Å². The molecule has 2 aliphatic heterocycles. The fraction of sp³-hybridized carbons (Fsp3) is 0.429. The zero-order valence-corrected chi connectivity index (χ0v) is 23.2. The van der Waals surface area contributed by atoms with Gasteiger partial charge in [-0.1, -0.05) is 42.5 Å². The number of fused-ring (bicyclic) bond motifs is 1. The van der Waals surface area contributed by atoms with Crippen LogP contribution in [0.2, 0.25) is 0 Å². The summed E-state index contributed by atoms with van der Waals surface area (Å²) in [6.07, 6.45) is 0.674. The van der Waals surface area contributed by atoms with Crippen LogP contribution in [0.4, 0.5) is 4.39 Å². The van der Waals surface area contributed by atoms with E-state index in [2.05, 4.69) is 10.4 Å². The number of ether oxygens (including phenoxy) is 1. The molecule has 0 aliphatic carbocycles. The van der Waals surface area contributed by atoms with Gasteiger partial charge in [0, 0.05) is 26.6 Å². The Kier molecular flexibility index (Phi) is 9.47. The Labute approximate surface area is 234 Å². The van der Waals surface area contributed by atoms with Crippen LogP contribution >= 0.6 is 12.4 Å². The summed E-state index contributed by atoms with van der Waals surface area (Å²) in [6, 6.07) is 14.5. The molecule has 3 N–H and O–H groups in total. The normalized spacial score (nSPS) is 19.6. The van der Waals surface area contributed by atoms with Crippen molar-refractivity contribution in [3.05, 3.63) is 71.5 Å². The summed E-state index contributed by atoms with van der Waals surface area (Å²) in [7, 11) is 1.59. The summed E-state index contributed by atoms with van der Waals surface area (Å²) in [5.41, 5.74) is 6.10. The molecule has 0 radical (unpaired) electrons. The maximum Gasteiger partial charge on any atom is 0.256 e. The molecule has 0 bridgehead atoms. The second-order valence-corrected chi connectivity index (χ2v) is 10.5. The number of rotatable bonds is 9. The summed E-state index contributed by atoms with van der Waals surface area (Å²) >= 11 is 0. The highest BCUT2D eigenvalue weighted by atomic mass is 35.5. The van der Waals surface area contributed by atoms with Crippen LogP contribution in [0.25, 0.3) is 0 Å². The van der Waals surface area contributed by atoms with Gasteiger partial charge in [0.15, 0.2) is 0 Å². The highest BCUT2D eigenvalue weighted by Gasteiger charge is 2.54. The first-order valence-corrected chi connectivity index (χ1v) is 12.6. The number of hydrazone groups is 1. The molecule has 11 heteroatoms. The molecule has 2 atom stereocenters. The Hall–Kier alpha value is -3.34. The van der Waals surface area contributed by atoms with E-state index < -0.39 is 22.9 Å². The van der Waals surface area contributed by atoms with Gasteiger partial charge in [0.25, 0.3) is 5.91 Å². The van der Waals surface area contributed by atoms with Crippen molar-refractivity contribution < 1.29 is 23.5 Å². The quantitative estimate of drug-likeness (QED) is 0.489. The zero-order chi connectivity index (χ0) is 27.5. The number of hydrogen-bond donors (Lipinski definition) is 2. The molecule has 0 aromatic heterocycles. The highest BCUT2D eigenvalue weighted by molar-refractivity contribution is 6.13. The van der Waals surface area contributed by atoms with Gasteiger partial charge in [-0.15, -0.1) is 12.4 Å². The number of carbonyl (C=O) groups is 3. The molecule has 2 aromatic carbocycles. The van der Waals surface area contributed by atoms with Gasteiger partial charge in [0.1, 0.15) is 17.3 Å². The molecule has 4 rings (SSSR count). The lowest BCUT2D eigenvalue weighted by Gasteiger charge is -2.40. The smallest absolute Gasteiger partial charge is 0.256 e. The minimum atomic E-state index is -1.20. The second kappa shape index (κ2) is 12.2. The molecule has 2 heterocycles. The van der Waals surface area contributed by atoms with Gasteiger partial charge < -0.3 is 20.7 Å². The molecule has 2 aromatic rings. The number of halogens is 2. The topological polar surface area (TPSA) is 117 Å². The van der Waals surface area contributed by atoms with E-state index in [0.29, 0.717) is 18.7 Å². The van der Waals surface area contributed by atoms with E-state index in [4.69, 9.17) is 10.5 Å². The molecule has 0 saturated carbocycles. The first-order chi connectivity index (χ1) is 18.0. The van der Waals surface area contributed by atoms with E-state index in [1.165, 1.54) is 17.1 Å². The lowest BCUT2D eigenvalue weighted by Crippen LogP contribution is -2.61. The number of hydrogen-bond acceptors (Lipinski definition) is 6. The molecule has 210 valence electrons. The van der Waals surface area contributed by atoms with Gasteiger partial charge in [-0.3, -0.25) is 14.4 Å². The van der Waals surface area contributed by atoms with Crippen LogP contribution in [0.15, 0.2) is 59.7 Å². The summed E-state index contributed by atoms with van der Waals surface area (Å²) in [6.45, 7) is 3.74. The van der Waals surface area contributed by atoms with Crippen LogP contribution < -0.4 is 11.1 Å². The largest absolute Gasteiger partial charge is 0.374 e. The number of likely N-dealkylation sites (tertiary alicyclic amines) is 1. The van der Waals surface area contributed by atoms with Gasteiger partial charge in [0.2, 0.25) is 11.8 Å². The lowest BCUT2D eigenvalue weighted by molar-refractivity contribution is -0.143. The van der Waals surface area contributed by atoms with E-state index in [-0.39, 0.29) is 56.2 Å². The predicted octanol–water partition coefficient (Wildman–Crippen LogP) is 2.28. The average Bonchev–Trinajstić information content (AvgIpc) is 3.13. The predicted molar refractivity (Wildman–Crippen MR) is 147 cm³/mol. The molecule has 3 amide bonds. The van der Waals surface area contributed by atoms with Crippen LogP contribution in [-0.4, -0.2) is 71.7 Å². The van der Waals surface area contributed by atoms with Crippen molar-refractivity contribution in [1.82, 2.24) is 15.2 Å². The average molecular weight is 560 g/mol. The second-order valence-electron chi connectivity index (χ2n) is 10.5. The number of nitrogens with zero attached hydrogens (tertiary/aromatic N) is 3. The van der Waals surface area contributed by atoms with Crippen LogP contribution in [0.3, 0.4) is 0 Å². The SMILES string of the molecule is CN1N=C2CCN(C(=O)C(COCc3ccccc3)NC(=O)C(C)(C)N)C[C@@]2(Cc2ccc(F)cc2)C1=O.Cl. The van der Waals surface area contributed by atoms with Crippen LogP contribution in [0.5, 0.6) is 0 Å². The van der Waals surface area contributed by atoms with Crippen molar-refractivity contribution in [3.8, 4) is 0 Å². The molecular formula is C28H35ClFN5O4. The first-order valence-electron chi connectivity index (χ1n) is 12.6. The third kappa shape index (κ3) is 6.81. The van der Waals surface area contributed by atoms with Gasteiger partial charge in [-0.2, -0.15) is 5.10 Å². The summed E-state index contributed by atoms with van der Waals surface area (Å²) < 4.78 is 19.3. The molecule has 2 aliphatic rings. The van der Waals surface area contributed by atoms with Crippen molar-refractivity contribution in [2.24, 2.45) is 16.3 Å². The lowest BCUT2D eigenvalue weighted by atomic mass is 9.73. The van der Waals surface area contributed by atoms with Crippen LogP contribution in [-0.2, 0) is 32.1 Å². The Morgan fingerprint density at radius 3 is 2.46 bits per heavy atom. The molecule has 1 unspecified atom stereocenters. The van der Waals surface area contributed by atoms with Crippen molar-refractivity contribution >= 4 is 35.8 Å². The zero-order valence-electron chi connectivity index (χ0n) is 22.4. The van der Waals surface area contributed by atoms with Crippen molar-refractivity contribution in [2.75, 3.05) is 26.7 Å². The molecule has 9 nitrogen and oxygen atoms in total. The Balaban J connectivity index is 0.00000420. The molecule has 1 fully saturated rings. The Morgan fingerprint density at radius 1 is 1.15 bits per heavy atom. The molecular weight excluding hydrogens is 525 g/mol. The maximum absolute atomic E-state index is 13.8. The third-order valence-electron chi connectivity index (χ3n) is 6.92.